The van der Waals surface area contributed by atoms with Crippen LogP contribution in [0, 0.1) is 6.92 Å². The van der Waals surface area contributed by atoms with E-state index in [1.54, 1.807) is 13.1 Å². The SMILES string of the molecule is CNC(=O)[C@@H]1CN(CC(=O)Nc2ccc(C)cc2)c2ccccc2O1. The van der Waals surface area contributed by atoms with Crippen molar-refractivity contribution < 1.29 is 14.3 Å². The maximum absolute atomic E-state index is 12.4. The number of benzene rings is 2. The van der Waals surface area contributed by atoms with Gasteiger partial charge in [-0.25, -0.2) is 0 Å². The molecule has 130 valence electrons. The number of hydrogen-bond acceptors (Lipinski definition) is 4. The van der Waals surface area contributed by atoms with Gasteiger partial charge in [0.05, 0.1) is 18.8 Å². The van der Waals surface area contributed by atoms with Crippen molar-refractivity contribution in [2.24, 2.45) is 0 Å². The van der Waals surface area contributed by atoms with Crippen LogP contribution in [0.15, 0.2) is 48.5 Å². The average Bonchev–Trinajstić information content (AvgIpc) is 2.62. The molecule has 2 N–H and O–H groups in total. The molecule has 2 amide bonds. The van der Waals surface area contributed by atoms with Gasteiger partial charge in [0.2, 0.25) is 5.91 Å². The van der Waals surface area contributed by atoms with Crippen molar-refractivity contribution in [1.82, 2.24) is 5.32 Å². The second-order valence-electron chi connectivity index (χ2n) is 5.98. The lowest BCUT2D eigenvalue weighted by atomic mass is 10.1. The summed E-state index contributed by atoms with van der Waals surface area (Å²) in [7, 11) is 1.57. The van der Waals surface area contributed by atoms with Crippen LogP contribution in [0.2, 0.25) is 0 Å². The number of para-hydroxylation sites is 2. The largest absolute Gasteiger partial charge is 0.477 e. The van der Waals surface area contributed by atoms with E-state index in [1.807, 2.05) is 54.3 Å². The summed E-state index contributed by atoms with van der Waals surface area (Å²) >= 11 is 0. The number of likely N-dealkylation sites (N-methyl/N-ethyl adjacent to an activating group) is 1. The Morgan fingerprint density at radius 1 is 1.16 bits per heavy atom. The number of hydrogen-bond donors (Lipinski definition) is 2. The third-order valence-corrected chi connectivity index (χ3v) is 4.07. The normalized spacial score (nSPS) is 15.8. The maximum atomic E-state index is 12.4. The lowest BCUT2D eigenvalue weighted by Crippen LogP contribution is -2.50. The van der Waals surface area contributed by atoms with Crippen LogP contribution in [0.4, 0.5) is 11.4 Å². The van der Waals surface area contributed by atoms with E-state index >= 15 is 0 Å². The van der Waals surface area contributed by atoms with E-state index in [-0.39, 0.29) is 18.4 Å². The zero-order chi connectivity index (χ0) is 17.8. The lowest BCUT2D eigenvalue weighted by molar-refractivity contribution is -0.127. The highest BCUT2D eigenvalue weighted by atomic mass is 16.5. The number of carbonyl (C=O) groups excluding carboxylic acids is 2. The van der Waals surface area contributed by atoms with Gasteiger partial charge in [0, 0.05) is 12.7 Å². The number of fused-ring (bicyclic) bond motifs is 1. The van der Waals surface area contributed by atoms with Gasteiger partial charge in [0.15, 0.2) is 6.10 Å². The molecule has 1 atom stereocenters. The molecule has 0 bridgehead atoms. The Bertz CT molecular complexity index is 774. The minimum absolute atomic E-state index is 0.141. The predicted octanol–water partition coefficient (Wildman–Crippen LogP) is 1.95. The summed E-state index contributed by atoms with van der Waals surface area (Å²) in [5, 5.41) is 5.48. The van der Waals surface area contributed by atoms with Crippen LogP contribution >= 0.6 is 0 Å². The summed E-state index contributed by atoms with van der Waals surface area (Å²) in [6, 6.07) is 15.0. The molecule has 6 heteroatoms. The molecule has 1 aliphatic heterocycles. The standard InChI is InChI=1S/C19H21N3O3/c1-13-7-9-14(10-8-13)21-18(23)12-22-11-17(19(24)20-2)25-16-6-4-3-5-15(16)22/h3-10,17H,11-12H2,1-2H3,(H,20,24)(H,21,23)/t17-/m0/s1. The van der Waals surface area contributed by atoms with Crippen LogP contribution in [-0.4, -0.2) is 38.1 Å². The van der Waals surface area contributed by atoms with Gasteiger partial charge in [0.25, 0.3) is 5.91 Å². The molecule has 0 radical (unpaired) electrons. The van der Waals surface area contributed by atoms with E-state index < -0.39 is 6.10 Å². The molecule has 0 spiro atoms. The van der Waals surface area contributed by atoms with Gasteiger partial charge in [-0.2, -0.15) is 0 Å². The first-order valence-electron chi connectivity index (χ1n) is 8.15. The first-order valence-corrected chi connectivity index (χ1v) is 8.15. The predicted molar refractivity (Wildman–Crippen MR) is 96.9 cm³/mol. The Balaban J connectivity index is 1.74. The third kappa shape index (κ3) is 3.91. The molecule has 1 aliphatic rings. The number of nitrogens with zero attached hydrogens (tertiary/aromatic N) is 1. The number of rotatable bonds is 4. The summed E-state index contributed by atoms with van der Waals surface area (Å²) in [5.74, 6) is 0.250. The number of carbonyl (C=O) groups is 2. The second kappa shape index (κ2) is 7.25. The molecule has 25 heavy (non-hydrogen) atoms. The molecular formula is C19H21N3O3. The minimum Gasteiger partial charge on any atom is -0.477 e. The fourth-order valence-corrected chi connectivity index (χ4v) is 2.77. The quantitative estimate of drug-likeness (QED) is 0.893. The smallest absolute Gasteiger partial charge is 0.262 e. The van der Waals surface area contributed by atoms with Crippen LogP contribution in [0.1, 0.15) is 5.56 Å². The van der Waals surface area contributed by atoms with E-state index in [2.05, 4.69) is 10.6 Å². The van der Waals surface area contributed by atoms with Crippen molar-refractivity contribution in [3.63, 3.8) is 0 Å². The molecule has 1 heterocycles. The molecule has 0 aliphatic carbocycles. The highest BCUT2D eigenvalue weighted by molar-refractivity contribution is 5.95. The first kappa shape index (κ1) is 16.8. The average molecular weight is 339 g/mol. The molecule has 0 saturated carbocycles. The van der Waals surface area contributed by atoms with Gasteiger partial charge in [-0.05, 0) is 31.2 Å². The van der Waals surface area contributed by atoms with Crippen molar-refractivity contribution in [3.8, 4) is 5.75 Å². The van der Waals surface area contributed by atoms with Crippen molar-refractivity contribution >= 4 is 23.2 Å². The molecule has 0 unspecified atom stereocenters. The molecule has 0 aromatic heterocycles. The third-order valence-electron chi connectivity index (χ3n) is 4.07. The van der Waals surface area contributed by atoms with E-state index in [1.165, 1.54) is 0 Å². The van der Waals surface area contributed by atoms with Gasteiger partial charge in [-0.1, -0.05) is 29.8 Å². The Hall–Kier alpha value is -3.02. The van der Waals surface area contributed by atoms with E-state index in [0.29, 0.717) is 12.3 Å². The number of nitrogens with one attached hydrogen (secondary N) is 2. The fourth-order valence-electron chi connectivity index (χ4n) is 2.77. The molecular weight excluding hydrogens is 318 g/mol. The zero-order valence-corrected chi connectivity index (χ0v) is 14.3. The van der Waals surface area contributed by atoms with Gasteiger partial charge in [0.1, 0.15) is 5.75 Å². The number of anilines is 2. The van der Waals surface area contributed by atoms with Gasteiger partial charge >= 0.3 is 0 Å². The molecule has 0 saturated heterocycles. The van der Waals surface area contributed by atoms with E-state index in [0.717, 1.165) is 16.9 Å². The second-order valence-corrected chi connectivity index (χ2v) is 5.98. The van der Waals surface area contributed by atoms with Crippen LogP contribution in [0.3, 0.4) is 0 Å². The first-order chi connectivity index (χ1) is 12.1. The maximum Gasteiger partial charge on any atom is 0.262 e. The highest BCUT2D eigenvalue weighted by Crippen LogP contribution is 2.32. The molecule has 2 aromatic rings. The highest BCUT2D eigenvalue weighted by Gasteiger charge is 2.30. The topological polar surface area (TPSA) is 70.7 Å². The van der Waals surface area contributed by atoms with Crippen LogP contribution in [0.25, 0.3) is 0 Å². The minimum atomic E-state index is -0.646. The van der Waals surface area contributed by atoms with E-state index in [4.69, 9.17) is 4.74 Å². The Kier molecular flexibility index (Phi) is 4.88. The molecule has 3 rings (SSSR count). The molecule has 6 nitrogen and oxygen atoms in total. The van der Waals surface area contributed by atoms with Gasteiger partial charge in [-0.15, -0.1) is 0 Å². The fraction of sp³-hybridized carbons (Fsp3) is 0.263. The van der Waals surface area contributed by atoms with Crippen molar-refractivity contribution in [1.29, 1.82) is 0 Å². The summed E-state index contributed by atoms with van der Waals surface area (Å²) in [6.07, 6.45) is -0.646. The van der Waals surface area contributed by atoms with Crippen molar-refractivity contribution in [2.45, 2.75) is 13.0 Å². The van der Waals surface area contributed by atoms with Crippen LogP contribution in [-0.2, 0) is 9.59 Å². The van der Waals surface area contributed by atoms with Crippen LogP contribution < -0.4 is 20.3 Å². The molecule has 0 fully saturated rings. The van der Waals surface area contributed by atoms with Crippen molar-refractivity contribution in [3.05, 3.63) is 54.1 Å². The summed E-state index contributed by atoms with van der Waals surface area (Å²) < 4.78 is 5.74. The molecule has 2 aromatic carbocycles. The number of amides is 2. The van der Waals surface area contributed by atoms with Crippen LogP contribution in [0.5, 0.6) is 5.75 Å². The van der Waals surface area contributed by atoms with Gasteiger partial charge < -0.3 is 20.3 Å². The Morgan fingerprint density at radius 2 is 1.88 bits per heavy atom. The van der Waals surface area contributed by atoms with E-state index in [9.17, 15) is 9.59 Å². The summed E-state index contributed by atoms with van der Waals surface area (Å²) in [5.41, 5.74) is 2.69. The number of aryl methyl sites for hydroxylation is 1. The monoisotopic (exact) mass is 339 g/mol. The van der Waals surface area contributed by atoms with Crippen molar-refractivity contribution in [2.75, 3.05) is 30.4 Å². The lowest BCUT2D eigenvalue weighted by Gasteiger charge is -2.34. The van der Waals surface area contributed by atoms with Gasteiger partial charge in [-0.3, -0.25) is 9.59 Å². The summed E-state index contributed by atoms with van der Waals surface area (Å²) in [4.78, 5) is 26.3. The Morgan fingerprint density at radius 3 is 2.60 bits per heavy atom. The number of ether oxygens (including phenoxy) is 1. The Labute approximate surface area is 146 Å². The zero-order valence-electron chi connectivity index (χ0n) is 14.3. The summed E-state index contributed by atoms with van der Waals surface area (Å²) in [6.45, 7) is 2.45.